The van der Waals surface area contributed by atoms with Gasteiger partial charge in [-0.3, -0.25) is 4.98 Å². The van der Waals surface area contributed by atoms with Gasteiger partial charge in [0, 0.05) is 48.5 Å². The van der Waals surface area contributed by atoms with Gasteiger partial charge < -0.3 is 9.88 Å². The minimum Gasteiger partial charge on any atom is -0.347 e. The highest BCUT2D eigenvalue weighted by Gasteiger charge is 2.07. The molecule has 0 saturated heterocycles. The lowest BCUT2D eigenvalue weighted by atomic mass is 10.2. The highest BCUT2D eigenvalue weighted by atomic mass is 15.0. The molecule has 3 aromatic rings. The Bertz CT molecular complexity index is 686. The van der Waals surface area contributed by atoms with Gasteiger partial charge in [-0.25, -0.2) is 0 Å². The van der Waals surface area contributed by atoms with E-state index in [0.29, 0.717) is 0 Å². The van der Waals surface area contributed by atoms with Gasteiger partial charge in [-0.2, -0.15) is 0 Å². The minimum absolute atomic E-state index is 0.900. The molecule has 3 nitrogen and oxygen atoms in total. The molecule has 2 heterocycles. The SMILES string of the molecule is CNCc1cn(CCc2ccccn2)c2ccccc12. The molecule has 0 amide bonds. The molecular formula is C17H19N3. The van der Waals surface area contributed by atoms with E-state index < -0.39 is 0 Å². The summed E-state index contributed by atoms with van der Waals surface area (Å²) in [4.78, 5) is 4.39. The van der Waals surface area contributed by atoms with Crippen molar-refractivity contribution >= 4 is 10.9 Å². The molecule has 0 aliphatic rings. The lowest BCUT2D eigenvalue weighted by molar-refractivity contribution is 0.704. The van der Waals surface area contributed by atoms with Crippen molar-refractivity contribution in [2.24, 2.45) is 0 Å². The van der Waals surface area contributed by atoms with Crippen molar-refractivity contribution in [2.75, 3.05) is 7.05 Å². The van der Waals surface area contributed by atoms with Gasteiger partial charge in [0.25, 0.3) is 0 Å². The van der Waals surface area contributed by atoms with E-state index >= 15 is 0 Å². The summed E-state index contributed by atoms with van der Waals surface area (Å²) in [6.07, 6.45) is 5.07. The third-order valence-electron chi connectivity index (χ3n) is 3.57. The molecule has 0 bridgehead atoms. The Hall–Kier alpha value is -2.13. The van der Waals surface area contributed by atoms with Crippen LogP contribution in [-0.4, -0.2) is 16.6 Å². The zero-order valence-corrected chi connectivity index (χ0v) is 11.7. The second-order valence-corrected chi connectivity index (χ2v) is 4.97. The summed E-state index contributed by atoms with van der Waals surface area (Å²) in [5, 5.41) is 4.57. The average Bonchev–Trinajstić information content (AvgIpc) is 2.85. The first-order chi connectivity index (χ1) is 9.88. The van der Waals surface area contributed by atoms with E-state index in [9.17, 15) is 0 Å². The van der Waals surface area contributed by atoms with E-state index in [1.165, 1.54) is 16.5 Å². The number of hydrogen-bond acceptors (Lipinski definition) is 2. The molecule has 0 radical (unpaired) electrons. The van der Waals surface area contributed by atoms with Crippen LogP contribution in [0.25, 0.3) is 10.9 Å². The molecule has 1 aromatic carbocycles. The van der Waals surface area contributed by atoms with Gasteiger partial charge in [0.05, 0.1) is 0 Å². The second kappa shape index (κ2) is 5.88. The molecule has 0 aliphatic carbocycles. The largest absolute Gasteiger partial charge is 0.347 e. The fraction of sp³-hybridized carbons (Fsp3) is 0.235. The van der Waals surface area contributed by atoms with Gasteiger partial charge >= 0.3 is 0 Å². The molecule has 1 N–H and O–H groups in total. The Morgan fingerprint density at radius 2 is 1.95 bits per heavy atom. The molecule has 2 aromatic heterocycles. The second-order valence-electron chi connectivity index (χ2n) is 4.97. The van der Waals surface area contributed by atoms with Gasteiger partial charge in [0.1, 0.15) is 0 Å². The number of nitrogens with one attached hydrogen (secondary N) is 1. The van der Waals surface area contributed by atoms with E-state index in [0.717, 1.165) is 25.2 Å². The molecule has 3 heteroatoms. The molecule has 3 rings (SSSR count). The summed E-state index contributed by atoms with van der Waals surface area (Å²) in [5.74, 6) is 0. The van der Waals surface area contributed by atoms with E-state index in [2.05, 4.69) is 51.4 Å². The van der Waals surface area contributed by atoms with E-state index in [-0.39, 0.29) is 0 Å². The number of hydrogen-bond donors (Lipinski definition) is 1. The number of pyridine rings is 1. The lowest BCUT2D eigenvalue weighted by Gasteiger charge is -2.04. The van der Waals surface area contributed by atoms with Crippen LogP contribution in [0.5, 0.6) is 0 Å². The van der Waals surface area contributed by atoms with Crippen LogP contribution >= 0.6 is 0 Å². The fourth-order valence-electron chi connectivity index (χ4n) is 2.62. The molecule has 102 valence electrons. The third-order valence-corrected chi connectivity index (χ3v) is 3.57. The standard InChI is InChI=1S/C17H19N3/c1-18-12-14-13-20(17-8-3-2-7-16(14)17)11-9-15-6-4-5-10-19-15/h2-8,10,13,18H,9,11-12H2,1H3. The van der Waals surface area contributed by atoms with Crippen LogP contribution < -0.4 is 5.32 Å². The van der Waals surface area contributed by atoms with Gasteiger partial charge in [-0.1, -0.05) is 24.3 Å². The van der Waals surface area contributed by atoms with Crippen molar-refractivity contribution in [3.8, 4) is 0 Å². The normalized spacial score (nSPS) is 11.1. The number of aryl methyl sites for hydroxylation is 2. The van der Waals surface area contributed by atoms with Crippen molar-refractivity contribution < 1.29 is 0 Å². The van der Waals surface area contributed by atoms with Gasteiger partial charge in [0.15, 0.2) is 0 Å². The van der Waals surface area contributed by atoms with Crippen LogP contribution in [-0.2, 0) is 19.5 Å². The van der Waals surface area contributed by atoms with E-state index in [4.69, 9.17) is 0 Å². The maximum Gasteiger partial charge on any atom is 0.0483 e. The maximum atomic E-state index is 4.39. The van der Waals surface area contributed by atoms with Crippen molar-refractivity contribution in [1.29, 1.82) is 0 Å². The summed E-state index contributed by atoms with van der Waals surface area (Å²) < 4.78 is 2.33. The summed E-state index contributed by atoms with van der Waals surface area (Å²) in [6, 6.07) is 14.7. The summed E-state index contributed by atoms with van der Waals surface area (Å²) in [5.41, 5.74) is 3.79. The quantitative estimate of drug-likeness (QED) is 0.768. The van der Waals surface area contributed by atoms with Gasteiger partial charge in [-0.15, -0.1) is 0 Å². The first kappa shape index (κ1) is 12.9. The number of benzene rings is 1. The number of rotatable bonds is 5. The smallest absolute Gasteiger partial charge is 0.0483 e. The predicted octanol–water partition coefficient (Wildman–Crippen LogP) is 3.00. The average molecular weight is 265 g/mol. The van der Waals surface area contributed by atoms with E-state index in [1.807, 2.05) is 25.4 Å². The zero-order valence-electron chi connectivity index (χ0n) is 11.7. The van der Waals surface area contributed by atoms with Crippen LogP contribution in [0, 0.1) is 0 Å². The molecule has 0 fully saturated rings. The summed E-state index contributed by atoms with van der Waals surface area (Å²) in [6.45, 7) is 1.86. The molecule has 0 aliphatic heterocycles. The van der Waals surface area contributed by atoms with Crippen LogP contribution in [0.1, 0.15) is 11.3 Å². The summed E-state index contributed by atoms with van der Waals surface area (Å²) in [7, 11) is 1.99. The van der Waals surface area contributed by atoms with E-state index in [1.54, 1.807) is 0 Å². The predicted molar refractivity (Wildman–Crippen MR) is 82.6 cm³/mol. The Morgan fingerprint density at radius 1 is 1.10 bits per heavy atom. The highest BCUT2D eigenvalue weighted by Crippen LogP contribution is 2.21. The Kier molecular flexibility index (Phi) is 3.79. The molecule has 0 saturated carbocycles. The van der Waals surface area contributed by atoms with Crippen LogP contribution in [0.15, 0.2) is 54.9 Å². The number of fused-ring (bicyclic) bond motifs is 1. The van der Waals surface area contributed by atoms with Crippen molar-refractivity contribution in [3.05, 3.63) is 66.1 Å². The number of aromatic nitrogens is 2. The van der Waals surface area contributed by atoms with Crippen LogP contribution in [0.2, 0.25) is 0 Å². The van der Waals surface area contributed by atoms with Gasteiger partial charge in [-0.05, 0) is 30.8 Å². The third kappa shape index (κ3) is 2.58. The molecule has 0 unspecified atom stereocenters. The molecular weight excluding hydrogens is 246 g/mol. The van der Waals surface area contributed by atoms with Crippen LogP contribution in [0.3, 0.4) is 0 Å². The maximum absolute atomic E-state index is 4.39. The monoisotopic (exact) mass is 265 g/mol. The first-order valence-electron chi connectivity index (χ1n) is 7.00. The summed E-state index contributed by atoms with van der Waals surface area (Å²) >= 11 is 0. The fourth-order valence-corrected chi connectivity index (χ4v) is 2.62. The lowest BCUT2D eigenvalue weighted by Crippen LogP contribution is -2.04. The van der Waals surface area contributed by atoms with Crippen molar-refractivity contribution in [3.63, 3.8) is 0 Å². The van der Waals surface area contributed by atoms with Gasteiger partial charge in [0.2, 0.25) is 0 Å². The minimum atomic E-state index is 0.900. The Labute approximate surface area is 119 Å². The Morgan fingerprint density at radius 3 is 2.75 bits per heavy atom. The Balaban J connectivity index is 1.87. The van der Waals surface area contributed by atoms with Crippen molar-refractivity contribution in [1.82, 2.24) is 14.9 Å². The number of para-hydroxylation sites is 1. The zero-order chi connectivity index (χ0) is 13.8. The highest BCUT2D eigenvalue weighted by molar-refractivity contribution is 5.83. The molecule has 20 heavy (non-hydrogen) atoms. The molecule has 0 atom stereocenters. The van der Waals surface area contributed by atoms with Crippen LogP contribution in [0.4, 0.5) is 0 Å². The van der Waals surface area contributed by atoms with Crippen molar-refractivity contribution in [2.45, 2.75) is 19.5 Å². The number of nitrogens with zero attached hydrogens (tertiary/aromatic N) is 2. The first-order valence-corrected chi connectivity index (χ1v) is 7.00. The topological polar surface area (TPSA) is 29.9 Å². The molecule has 0 spiro atoms.